The van der Waals surface area contributed by atoms with Gasteiger partial charge in [-0.3, -0.25) is 0 Å². The lowest BCUT2D eigenvalue weighted by Crippen LogP contribution is -2.23. The van der Waals surface area contributed by atoms with Gasteiger partial charge < -0.3 is 14.5 Å². The highest BCUT2D eigenvalue weighted by molar-refractivity contribution is 5.77. The lowest BCUT2D eigenvalue weighted by molar-refractivity contribution is 0.0139. The van der Waals surface area contributed by atoms with Crippen LogP contribution in [0, 0.1) is 0 Å². The van der Waals surface area contributed by atoms with Gasteiger partial charge in [0.1, 0.15) is 18.0 Å². The van der Waals surface area contributed by atoms with E-state index in [1.165, 1.54) is 0 Å². The lowest BCUT2D eigenvalue weighted by Gasteiger charge is -2.16. The van der Waals surface area contributed by atoms with E-state index in [1.807, 2.05) is 30.3 Å². The van der Waals surface area contributed by atoms with E-state index in [0.29, 0.717) is 6.42 Å². The first-order chi connectivity index (χ1) is 10.2. The number of nitrogens with one attached hydrogen (secondary N) is 1. The Labute approximate surface area is 123 Å². The van der Waals surface area contributed by atoms with Crippen molar-refractivity contribution in [2.75, 3.05) is 19.8 Å². The Hall–Kier alpha value is -1.46. The smallest absolute Gasteiger partial charge is 0.261 e. The molecular formula is C16H21F2NO2. The number of hydrogen-bond donors (Lipinski definition) is 1. The number of furan rings is 1. The minimum absolute atomic E-state index is 0.0185. The summed E-state index contributed by atoms with van der Waals surface area (Å²) in [5, 5.41) is 4.42. The molecule has 0 spiro atoms. The first kappa shape index (κ1) is 15.9. The molecule has 2 aromatic rings. The molecule has 1 N–H and O–H groups in total. The summed E-state index contributed by atoms with van der Waals surface area (Å²) in [5.74, 6) is 0.824. The summed E-state index contributed by atoms with van der Waals surface area (Å²) in [5.41, 5.74) is 0.837. The summed E-state index contributed by atoms with van der Waals surface area (Å²) >= 11 is 0. The van der Waals surface area contributed by atoms with Crippen LogP contribution in [-0.4, -0.2) is 26.2 Å². The number of halogens is 2. The summed E-state index contributed by atoms with van der Waals surface area (Å²) in [7, 11) is 0. The molecule has 21 heavy (non-hydrogen) atoms. The van der Waals surface area contributed by atoms with Crippen LogP contribution in [0.2, 0.25) is 0 Å². The average molecular weight is 297 g/mol. The molecular weight excluding hydrogens is 276 g/mol. The predicted octanol–water partition coefficient (Wildman–Crippen LogP) is 4.15. The zero-order valence-electron chi connectivity index (χ0n) is 12.1. The molecule has 2 rings (SSSR count). The van der Waals surface area contributed by atoms with Crippen molar-refractivity contribution in [1.29, 1.82) is 0 Å². The maximum absolute atomic E-state index is 12.1. The van der Waals surface area contributed by atoms with Crippen LogP contribution in [0.25, 0.3) is 11.0 Å². The Morgan fingerprint density at radius 2 is 2.10 bits per heavy atom. The molecule has 1 atom stereocenters. The van der Waals surface area contributed by atoms with E-state index in [1.54, 1.807) is 0 Å². The molecule has 0 bridgehead atoms. The number of benzene rings is 1. The van der Waals surface area contributed by atoms with E-state index in [2.05, 4.69) is 12.2 Å². The Bertz CT molecular complexity index is 509. The third kappa shape index (κ3) is 4.79. The van der Waals surface area contributed by atoms with Crippen LogP contribution in [0.5, 0.6) is 0 Å². The molecule has 1 unspecified atom stereocenters. The van der Waals surface area contributed by atoms with Gasteiger partial charge in [0, 0.05) is 12.0 Å². The van der Waals surface area contributed by atoms with Crippen LogP contribution in [0.3, 0.4) is 0 Å². The van der Waals surface area contributed by atoms with E-state index in [4.69, 9.17) is 9.15 Å². The Balaban J connectivity index is 2.00. The van der Waals surface area contributed by atoms with Crippen molar-refractivity contribution in [2.24, 2.45) is 0 Å². The Kier molecular flexibility index (Phi) is 6.14. The fourth-order valence-corrected chi connectivity index (χ4v) is 2.21. The van der Waals surface area contributed by atoms with Crippen LogP contribution in [0.15, 0.2) is 34.7 Å². The Morgan fingerprint density at radius 1 is 1.29 bits per heavy atom. The van der Waals surface area contributed by atoms with E-state index in [-0.39, 0.29) is 12.6 Å². The van der Waals surface area contributed by atoms with Gasteiger partial charge in [0.2, 0.25) is 0 Å². The minimum atomic E-state index is -2.42. The van der Waals surface area contributed by atoms with Gasteiger partial charge in [-0.15, -0.1) is 0 Å². The summed E-state index contributed by atoms with van der Waals surface area (Å²) in [6.45, 7) is 2.69. The van der Waals surface area contributed by atoms with Gasteiger partial charge in [0.05, 0.1) is 6.04 Å². The highest BCUT2D eigenvalue weighted by Crippen LogP contribution is 2.25. The van der Waals surface area contributed by atoms with Crippen LogP contribution in [0.1, 0.15) is 31.6 Å². The fraction of sp³-hybridized carbons (Fsp3) is 0.500. The van der Waals surface area contributed by atoms with Gasteiger partial charge in [0.25, 0.3) is 6.43 Å². The van der Waals surface area contributed by atoms with Crippen molar-refractivity contribution in [3.05, 3.63) is 36.1 Å². The number of fused-ring (bicyclic) bond motifs is 1. The standard InChI is InChI=1S/C16H21F2NO2/c1-2-8-19-13(7-9-20-11-16(17)18)15-10-12-5-3-4-6-14(12)21-15/h3-6,10,13,16,19H,2,7-9,11H2,1H3. The van der Waals surface area contributed by atoms with E-state index in [9.17, 15) is 8.78 Å². The molecule has 0 aliphatic rings. The van der Waals surface area contributed by atoms with Crippen LogP contribution >= 0.6 is 0 Å². The number of hydrogen-bond acceptors (Lipinski definition) is 3. The highest BCUT2D eigenvalue weighted by Gasteiger charge is 2.16. The summed E-state index contributed by atoms with van der Waals surface area (Å²) in [4.78, 5) is 0. The van der Waals surface area contributed by atoms with Crippen LogP contribution < -0.4 is 5.32 Å². The molecule has 3 nitrogen and oxygen atoms in total. The first-order valence-corrected chi connectivity index (χ1v) is 7.28. The second-order valence-corrected chi connectivity index (χ2v) is 4.95. The summed E-state index contributed by atoms with van der Waals surface area (Å²) in [6, 6.07) is 9.78. The number of para-hydroxylation sites is 1. The van der Waals surface area contributed by atoms with Crippen molar-refractivity contribution in [2.45, 2.75) is 32.2 Å². The molecule has 1 heterocycles. The molecule has 0 aliphatic carbocycles. The maximum atomic E-state index is 12.1. The van der Waals surface area contributed by atoms with Gasteiger partial charge >= 0.3 is 0 Å². The second-order valence-electron chi connectivity index (χ2n) is 4.95. The van der Waals surface area contributed by atoms with E-state index < -0.39 is 13.0 Å². The van der Waals surface area contributed by atoms with Crippen molar-refractivity contribution < 1.29 is 17.9 Å². The molecule has 0 saturated carbocycles. The van der Waals surface area contributed by atoms with E-state index >= 15 is 0 Å². The molecule has 116 valence electrons. The van der Waals surface area contributed by atoms with Crippen molar-refractivity contribution >= 4 is 11.0 Å². The minimum Gasteiger partial charge on any atom is -0.459 e. The molecule has 0 amide bonds. The molecule has 1 aromatic heterocycles. The molecule has 0 saturated heterocycles. The fourth-order valence-electron chi connectivity index (χ4n) is 2.21. The van der Waals surface area contributed by atoms with Crippen molar-refractivity contribution in [3.8, 4) is 0 Å². The van der Waals surface area contributed by atoms with Gasteiger partial charge in [-0.05, 0) is 31.5 Å². The van der Waals surface area contributed by atoms with Gasteiger partial charge in [-0.25, -0.2) is 8.78 Å². The average Bonchev–Trinajstić information content (AvgIpc) is 2.90. The zero-order chi connectivity index (χ0) is 15.1. The normalized spacial score (nSPS) is 13.1. The van der Waals surface area contributed by atoms with Gasteiger partial charge in [-0.1, -0.05) is 25.1 Å². The van der Waals surface area contributed by atoms with Crippen molar-refractivity contribution in [1.82, 2.24) is 5.32 Å². The maximum Gasteiger partial charge on any atom is 0.261 e. The van der Waals surface area contributed by atoms with Gasteiger partial charge in [0.15, 0.2) is 0 Å². The molecule has 0 aliphatic heterocycles. The van der Waals surface area contributed by atoms with Crippen LogP contribution in [0.4, 0.5) is 8.78 Å². The van der Waals surface area contributed by atoms with Crippen LogP contribution in [-0.2, 0) is 4.74 Å². The molecule has 5 heteroatoms. The predicted molar refractivity (Wildman–Crippen MR) is 78.7 cm³/mol. The largest absolute Gasteiger partial charge is 0.459 e. The number of ether oxygens (including phenoxy) is 1. The first-order valence-electron chi connectivity index (χ1n) is 7.28. The monoisotopic (exact) mass is 297 g/mol. The topological polar surface area (TPSA) is 34.4 Å². The van der Waals surface area contributed by atoms with Crippen molar-refractivity contribution in [3.63, 3.8) is 0 Å². The quantitative estimate of drug-likeness (QED) is 0.706. The summed E-state index contributed by atoms with van der Waals surface area (Å²) in [6.07, 6.45) is -0.820. The Morgan fingerprint density at radius 3 is 2.81 bits per heavy atom. The molecule has 0 radical (unpaired) electrons. The third-order valence-corrected chi connectivity index (χ3v) is 3.22. The highest BCUT2D eigenvalue weighted by atomic mass is 19.3. The molecule has 0 fully saturated rings. The molecule has 1 aromatic carbocycles. The SMILES string of the molecule is CCCNC(CCOCC(F)F)c1cc2ccccc2o1. The zero-order valence-corrected chi connectivity index (χ0v) is 12.1. The third-order valence-electron chi connectivity index (χ3n) is 3.22. The van der Waals surface area contributed by atoms with E-state index in [0.717, 1.165) is 29.7 Å². The lowest BCUT2D eigenvalue weighted by atomic mass is 10.1. The second kappa shape index (κ2) is 8.10. The number of rotatable bonds is 9. The number of alkyl halides is 2. The summed E-state index contributed by atoms with van der Waals surface area (Å²) < 4.78 is 34.9. The van der Waals surface area contributed by atoms with Gasteiger partial charge in [-0.2, -0.15) is 0 Å².